The Balaban J connectivity index is 2.20. The molecule has 5 nitrogen and oxygen atoms in total. The molecule has 1 aromatic carbocycles. The van der Waals surface area contributed by atoms with Gasteiger partial charge in [0.05, 0.1) is 11.7 Å². The molecule has 0 aliphatic carbocycles. The Bertz CT molecular complexity index is 505. The van der Waals surface area contributed by atoms with Gasteiger partial charge in [-0.25, -0.2) is 4.68 Å². The van der Waals surface area contributed by atoms with Gasteiger partial charge in [0.15, 0.2) is 0 Å². The Morgan fingerprint density at radius 2 is 2.29 bits per heavy atom. The van der Waals surface area contributed by atoms with Gasteiger partial charge in [0.1, 0.15) is 0 Å². The zero-order valence-electron chi connectivity index (χ0n) is 9.50. The van der Waals surface area contributed by atoms with E-state index in [2.05, 4.69) is 10.4 Å². The molecule has 0 aliphatic heterocycles. The molecule has 1 aromatic heterocycles. The van der Waals surface area contributed by atoms with Crippen LogP contribution in [0.25, 0.3) is 5.69 Å². The molecule has 0 spiro atoms. The van der Waals surface area contributed by atoms with Gasteiger partial charge in [-0.2, -0.15) is 5.10 Å². The van der Waals surface area contributed by atoms with E-state index in [-0.39, 0.29) is 5.91 Å². The van der Waals surface area contributed by atoms with E-state index in [0.717, 1.165) is 5.69 Å². The first-order chi connectivity index (χ1) is 8.16. The van der Waals surface area contributed by atoms with Crippen LogP contribution in [0, 0.1) is 0 Å². The Labute approximate surface area is 99.2 Å². The van der Waals surface area contributed by atoms with Crippen molar-refractivity contribution in [3.63, 3.8) is 0 Å². The van der Waals surface area contributed by atoms with E-state index in [0.29, 0.717) is 5.69 Å². The quantitative estimate of drug-likeness (QED) is 0.831. The highest BCUT2D eigenvalue weighted by Crippen LogP contribution is 2.13. The third-order valence-electron chi connectivity index (χ3n) is 2.30. The van der Waals surface area contributed by atoms with E-state index in [1.807, 2.05) is 36.5 Å². The predicted molar refractivity (Wildman–Crippen MR) is 65.8 cm³/mol. The Morgan fingerprint density at radius 1 is 1.47 bits per heavy atom. The standard InChI is InChI=1S/C12H14N4O/c1-9(13)12(17)15-10-4-2-5-11(8-10)16-7-3-6-14-16/h2-9H,13H2,1H3,(H,15,17)/t9-/m1/s1. The fraction of sp³-hybridized carbons (Fsp3) is 0.167. The zero-order valence-corrected chi connectivity index (χ0v) is 9.50. The van der Waals surface area contributed by atoms with Gasteiger partial charge >= 0.3 is 0 Å². The molecule has 5 heteroatoms. The maximum Gasteiger partial charge on any atom is 0.240 e. The van der Waals surface area contributed by atoms with Crippen LogP contribution in [0.2, 0.25) is 0 Å². The van der Waals surface area contributed by atoms with Crippen molar-refractivity contribution in [1.29, 1.82) is 0 Å². The maximum atomic E-state index is 11.5. The summed E-state index contributed by atoms with van der Waals surface area (Å²) in [5.41, 5.74) is 7.08. The molecule has 17 heavy (non-hydrogen) atoms. The van der Waals surface area contributed by atoms with Gasteiger partial charge in [0.25, 0.3) is 0 Å². The number of carbonyl (C=O) groups excluding carboxylic acids is 1. The SMILES string of the molecule is C[C@@H](N)C(=O)Nc1cccc(-n2cccn2)c1. The van der Waals surface area contributed by atoms with E-state index >= 15 is 0 Å². The van der Waals surface area contributed by atoms with Crippen molar-refractivity contribution in [2.24, 2.45) is 5.73 Å². The minimum atomic E-state index is -0.525. The predicted octanol–water partition coefficient (Wildman–Crippen LogP) is 1.16. The molecule has 0 radical (unpaired) electrons. The van der Waals surface area contributed by atoms with E-state index in [4.69, 9.17) is 5.73 Å². The summed E-state index contributed by atoms with van der Waals surface area (Å²) in [6, 6.07) is 8.74. The number of aromatic nitrogens is 2. The fourth-order valence-corrected chi connectivity index (χ4v) is 1.40. The van der Waals surface area contributed by atoms with Crippen LogP contribution in [0.5, 0.6) is 0 Å². The third kappa shape index (κ3) is 2.70. The van der Waals surface area contributed by atoms with Crippen molar-refractivity contribution in [3.8, 4) is 5.69 Å². The van der Waals surface area contributed by atoms with E-state index in [1.54, 1.807) is 17.8 Å². The van der Waals surface area contributed by atoms with Crippen LogP contribution in [0.3, 0.4) is 0 Å². The van der Waals surface area contributed by atoms with E-state index in [9.17, 15) is 4.79 Å². The van der Waals surface area contributed by atoms with Crippen molar-refractivity contribution >= 4 is 11.6 Å². The molecule has 1 amide bonds. The second-order valence-corrected chi connectivity index (χ2v) is 3.78. The molecule has 88 valence electrons. The maximum absolute atomic E-state index is 11.5. The molecule has 0 saturated carbocycles. The first-order valence-corrected chi connectivity index (χ1v) is 5.33. The monoisotopic (exact) mass is 230 g/mol. The number of nitrogens with zero attached hydrogens (tertiary/aromatic N) is 2. The lowest BCUT2D eigenvalue weighted by Gasteiger charge is -2.09. The van der Waals surface area contributed by atoms with Gasteiger partial charge in [-0.1, -0.05) is 6.07 Å². The largest absolute Gasteiger partial charge is 0.325 e. The van der Waals surface area contributed by atoms with Crippen LogP contribution in [0.4, 0.5) is 5.69 Å². The summed E-state index contributed by atoms with van der Waals surface area (Å²) < 4.78 is 1.72. The number of carbonyl (C=O) groups is 1. The molecule has 2 aromatic rings. The van der Waals surface area contributed by atoms with Crippen molar-refractivity contribution < 1.29 is 4.79 Å². The van der Waals surface area contributed by atoms with Gasteiger partial charge in [-0.3, -0.25) is 4.79 Å². The molecular formula is C12H14N4O. The number of amides is 1. The molecular weight excluding hydrogens is 216 g/mol. The number of nitrogens with two attached hydrogens (primary N) is 1. The highest BCUT2D eigenvalue weighted by molar-refractivity contribution is 5.94. The minimum Gasteiger partial charge on any atom is -0.325 e. The normalized spacial score (nSPS) is 12.1. The second kappa shape index (κ2) is 4.80. The van der Waals surface area contributed by atoms with E-state index in [1.165, 1.54) is 0 Å². The number of hydrogen-bond donors (Lipinski definition) is 2. The number of nitrogens with one attached hydrogen (secondary N) is 1. The molecule has 2 rings (SSSR count). The lowest BCUT2D eigenvalue weighted by molar-refractivity contribution is -0.117. The van der Waals surface area contributed by atoms with Gasteiger partial charge in [-0.05, 0) is 31.2 Å². The highest BCUT2D eigenvalue weighted by Gasteiger charge is 2.07. The average molecular weight is 230 g/mol. The Kier molecular flexibility index (Phi) is 3.20. The molecule has 0 bridgehead atoms. The summed E-state index contributed by atoms with van der Waals surface area (Å²) in [4.78, 5) is 11.5. The first kappa shape index (κ1) is 11.3. The van der Waals surface area contributed by atoms with Crippen molar-refractivity contribution in [2.75, 3.05) is 5.32 Å². The van der Waals surface area contributed by atoms with Gasteiger partial charge < -0.3 is 11.1 Å². The summed E-state index contributed by atoms with van der Waals surface area (Å²) in [5.74, 6) is -0.206. The van der Waals surface area contributed by atoms with Crippen LogP contribution in [0.15, 0.2) is 42.7 Å². The van der Waals surface area contributed by atoms with Crippen LogP contribution in [-0.4, -0.2) is 21.7 Å². The first-order valence-electron chi connectivity index (χ1n) is 5.33. The molecule has 3 N–H and O–H groups in total. The Morgan fingerprint density at radius 3 is 2.94 bits per heavy atom. The molecule has 0 fully saturated rings. The van der Waals surface area contributed by atoms with Crippen molar-refractivity contribution in [1.82, 2.24) is 9.78 Å². The van der Waals surface area contributed by atoms with Crippen LogP contribution >= 0.6 is 0 Å². The highest BCUT2D eigenvalue weighted by atomic mass is 16.2. The number of rotatable bonds is 3. The molecule has 0 aliphatic rings. The zero-order chi connectivity index (χ0) is 12.3. The smallest absolute Gasteiger partial charge is 0.240 e. The summed E-state index contributed by atoms with van der Waals surface area (Å²) >= 11 is 0. The lowest BCUT2D eigenvalue weighted by atomic mass is 10.2. The summed E-state index contributed by atoms with van der Waals surface area (Å²) in [7, 11) is 0. The average Bonchev–Trinajstić information content (AvgIpc) is 2.82. The second-order valence-electron chi connectivity index (χ2n) is 3.78. The number of benzene rings is 1. The minimum absolute atomic E-state index is 0.206. The third-order valence-corrected chi connectivity index (χ3v) is 2.30. The van der Waals surface area contributed by atoms with E-state index < -0.39 is 6.04 Å². The van der Waals surface area contributed by atoms with Crippen LogP contribution in [-0.2, 0) is 4.79 Å². The van der Waals surface area contributed by atoms with Crippen molar-refractivity contribution in [3.05, 3.63) is 42.7 Å². The van der Waals surface area contributed by atoms with Crippen LogP contribution < -0.4 is 11.1 Å². The molecule has 1 heterocycles. The van der Waals surface area contributed by atoms with Gasteiger partial charge in [0.2, 0.25) is 5.91 Å². The Hall–Kier alpha value is -2.14. The van der Waals surface area contributed by atoms with Crippen molar-refractivity contribution in [2.45, 2.75) is 13.0 Å². The molecule has 1 atom stereocenters. The van der Waals surface area contributed by atoms with Gasteiger partial charge in [-0.15, -0.1) is 0 Å². The number of hydrogen-bond acceptors (Lipinski definition) is 3. The molecule has 0 unspecified atom stereocenters. The lowest BCUT2D eigenvalue weighted by Crippen LogP contribution is -2.32. The fourth-order valence-electron chi connectivity index (χ4n) is 1.40. The van der Waals surface area contributed by atoms with Gasteiger partial charge in [0, 0.05) is 18.1 Å². The molecule has 0 saturated heterocycles. The topological polar surface area (TPSA) is 72.9 Å². The summed E-state index contributed by atoms with van der Waals surface area (Å²) in [5, 5.41) is 6.86. The number of anilines is 1. The van der Waals surface area contributed by atoms with Crippen LogP contribution in [0.1, 0.15) is 6.92 Å². The summed E-state index contributed by atoms with van der Waals surface area (Å²) in [6.07, 6.45) is 3.54. The summed E-state index contributed by atoms with van der Waals surface area (Å²) in [6.45, 7) is 1.65.